The van der Waals surface area contributed by atoms with Gasteiger partial charge in [0.1, 0.15) is 0 Å². The number of nitro groups is 1. The van der Waals surface area contributed by atoms with Crippen molar-refractivity contribution in [2.45, 2.75) is 31.0 Å². The lowest BCUT2D eigenvalue weighted by Gasteiger charge is -2.24. The maximum atomic E-state index is 13.0. The van der Waals surface area contributed by atoms with Gasteiger partial charge in [-0.2, -0.15) is 22.0 Å². The molecule has 0 aliphatic heterocycles. The van der Waals surface area contributed by atoms with E-state index in [0.717, 1.165) is 6.92 Å². The summed E-state index contributed by atoms with van der Waals surface area (Å²) in [5.41, 5.74) is -4.54. The number of halogens is 5. The molecule has 0 atom stereocenters. The zero-order chi connectivity index (χ0) is 23.5. The van der Waals surface area contributed by atoms with Gasteiger partial charge in [0, 0.05) is 17.7 Å². The van der Waals surface area contributed by atoms with E-state index in [1.807, 2.05) is 0 Å². The first-order chi connectivity index (χ1) is 13.6. The lowest BCUT2D eigenvalue weighted by molar-refractivity contribution is -0.386. The predicted octanol–water partition coefficient (Wildman–Crippen LogP) is 2.22. The van der Waals surface area contributed by atoms with Gasteiger partial charge in [0.15, 0.2) is 12.4 Å². The van der Waals surface area contributed by atoms with Crippen LogP contribution in [0.15, 0.2) is 18.2 Å². The van der Waals surface area contributed by atoms with Crippen LogP contribution in [0.5, 0.6) is 5.75 Å². The van der Waals surface area contributed by atoms with Gasteiger partial charge in [0.2, 0.25) is 5.54 Å². The van der Waals surface area contributed by atoms with E-state index in [9.17, 15) is 46.5 Å². The molecule has 0 aliphatic carbocycles. The Balaban J connectivity index is 3.29. The number of aliphatic carboxylic acids is 2. The zero-order valence-electron chi connectivity index (χ0n) is 14.8. The second-order valence-corrected chi connectivity index (χ2v) is 5.75. The second kappa shape index (κ2) is 8.46. The van der Waals surface area contributed by atoms with E-state index < -0.39 is 70.4 Å². The van der Waals surface area contributed by atoms with Crippen LogP contribution in [0.4, 0.5) is 27.6 Å². The molecule has 0 bridgehead atoms. The van der Waals surface area contributed by atoms with E-state index in [0.29, 0.717) is 18.2 Å². The maximum Gasteiger partial charge on any atom is 0.456 e. The minimum absolute atomic E-state index is 0.407. The third kappa shape index (κ3) is 4.90. The Morgan fingerprint density at radius 3 is 2.07 bits per heavy atom. The normalized spacial score (nSPS) is 12.2. The molecule has 0 saturated heterocycles. The molecule has 0 fully saturated rings. The van der Waals surface area contributed by atoms with Gasteiger partial charge < -0.3 is 20.3 Å². The molecule has 0 aliphatic rings. The SMILES string of the molecule is CCC(NC(=O)c1ccc([N+](=O)[O-])c(OCC(F)(F)C(F)(F)F)c1)(C(=O)O)C(=O)O. The van der Waals surface area contributed by atoms with Crippen molar-refractivity contribution in [1.82, 2.24) is 5.32 Å². The molecule has 0 radical (unpaired) electrons. The number of hydrogen-bond donors (Lipinski definition) is 3. The fourth-order valence-electron chi connectivity index (χ4n) is 2.03. The molecule has 1 aromatic carbocycles. The number of nitrogens with zero attached hydrogens (tertiary/aromatic N) is 1. The van der Waals surface area contributed by atoms with E-state index >= 15 is 0 Å². The van der Waals surface area contributed by atoms with Gasteiger partial charge in [-0.1, -0.05) is 6.92 Å². The van der Waals surface area contributed by atoms with Crippen molar-refractivity contribution in [3.63, 3.8) is 0 Å². The molecule has 30 heavy (non-hydrogen) atoms. The quantitative estimate of drug-likeness (QED) is 0.227. The van der Waals surface area contributed by atoms with Crippen molar-refractivity contribution < 1.29 is 56.2 Å². The largest absolute Gasteiger partial charge is 0.480 e. The van der Waals surface area contributed by atoms with Gasteiger partial charge in [-0.3, -0.25) is 14.9 Å². The maximum absolute atomic E-state index is 13.0. The summed E-state index contributed by atoms with van der Waals surface area (Å²) in [6.07, 6.45) is -6.64. The average Bonchev–Trinajstić information content (AvgIpc) is 2.62. The molecule has 166 valence electrons. The fourth-order valence-corrected chi connectivity index (χ4v) is 2.03. The van der Waals surface area contributed by atoms with Crippen molar-refractivity contribution >= 4 is 23.5 Å². The number of ether oxygens (including phenoxy) is 1. The highest BCUT2D eigenvalue weighted by Crippen LogP contribution is 2.37. The molecule has 0 aromatic heterocycles. The zero-order valence-corrected chi connectivity index (χ0v) is 14.8. The first kappa shape index (κ1) is 24.5. The first-order valence-corrected chi connectivity index (χ1v) is 7.74. The van der Waals surface area contributed by atoms with Gasteiger partial charge in [0.25, 0.3) is 5.91 Å². The standard InChI is InChI=1S/C15H13F5N2O8/c1-2-13(11(24)25,12(26)27)21-10(23)7-3-4-8(22(28)29)9(5-7)30-6-14(16,17)15(18,19)20/h3-5H,2,6H2,1H3,(H,21,23)(H,24,25)(H,26,27). The third-order valence-electron chi connectivity index (χ3n) is 3.83. The van der Waals surface area contributed by atoms with Crippen molar-refractivity contribution in [2.75, 3.05) is 6.61 Å². The predicted molar refractivity (Wildman–Crippen MR) is 85.4 cm³/mol. The summed E-state index contributed by atoms with van der Waals surface area (Å²) in [5, 5.41) is 30.8. The summed E-state index contributed by atoms with van der Waals surface area (Å²) in [6.45, 7) is -1.22. The number of nitrogens with one attached hydrogen (secondary N) is 1. The van der Waals surface area contributed by atoms with Crippen molar-refractivity contribution in [1.29, 1.82) is 0 Å². The smallest absolute Gasteiger partial charge is 0.456 e. The minimum Gasteiger partial charge on any atom is -0.480 e. The number of carboxylic acids is 2. The van der Waals surface area contributed by atoms with Crippen molar-refractivity contribution in [2.24, 2.45) is 0 Å². The first-order valence-electron chi connectivity index (χ1n) is 7.74. The molecule has 1 rings (SSSR count). The van der Waals surface area contributed by atoms with Crippen LogP contribution in [-0.2, 0) is 9.59 Å². The van der Waals surface area contributed by atoms with E-state index in [2.05, 4.69) is 4.74 Å². The van der Waals surface area contributed by atoms with Crippen LogP contribution in [0.25, 0.3) is 0 Å². The van der Waals surface area contributed by atoms with Crippen LogP contribution in [-0.4, -0.2) is 57.2 Å². The van der Waals surface area contributed by atoms with Crippen LogP contribution in [0.3, 0.4) is 0 Å². The van der Waals surface area contributed by atoms with E-state index in [1.54, 1.807) is 5.32 Å². The summed E-state index contributed by atoms with van der Waals surface area (Å²) in [6, 6.07) is 1.64. The average molecular weight is 444 g/mol. The summed E-state index contributed by atoms with van der Waals surface area (Å²) in [4.78, 5) is 44.5. The Morgan fingerprint density at radius 2 is 1.67 bits per heavy atom. The van der Waals surface area contributed by atoms with Gasteiger partial charge >= 0.3 is 29.7 Å². The molecule has 1 amide bonds. The Labute approximate surface area is 163 Å². The van der Waals surface area contributed by atoms with Gasteiger partial charge in [-0.05, 0) is 12.5 Å². The highest BCUT2D eigenvalue weighted by molar-refractivity contribution is 6.09. The molecule has 10 nitrogen and oxygen atoms in total. The third-order valence-corrected chi connectivity index (χ3v) is 3.83. The van der Waals surface area contributed by atoms with Crippen LogP contribution < -0.4 is 10.1 Å². The number of carboxylic acid groups (broad SMARTS) is 2. The summed E-state index contributed by atoms with van der Waals surface area (Å²) >= 11 is 0. The number of alkyl halides is 5. The van der Waals surface area contributed by atoms with E-state index in [-0.39, 0.29) is 0 Å². The Kier molecular flexibility index (Phi) is 6.92. The molecular formula is C15H13F5N2O8. The highest BCUT2D eigenvalue weighted by Gasteiger charge is 2.58. The van der Waals surface area contributed by atoms with Gasteiger partial charge in [-0.15, -0.1) is 0 Å². The second-order valence-electron chi connectivity index (χ2n) is 5.75. The summed E-state index contributed by atoms with van der Waals surface area (Å²) in [7, 11) is 0. The molecule has 0 saturated carbocycles. The number of carbonyl (C=O) groups excluding carboxylic acids is 1. The van der Waals surface area contributed by atoms with Crippen molar-refractivity contribution in [3.05, 3.63) is 33.9 Å². The molecule has 3 N–H and O–H groups in total. The molecular weight excluding hydrogens is 431 g/mol. The van der Waals surface area contributed by atoms with Crippen molar-refractivity contribution in [3.8, 4) is 5.75 Å². The minimum atomic E-state index is -6.01. The molecule has 0 unspecified atom stereocenters. The van der Waals surface area contributed by atoms with E-state index in [1.165, 1.54) is 0 Å². The lowest BCUT2D eigenvalue weighted by atomic mass is 9.95. The number of amides is 1. The Morgan fingerprint density at radius 1 is 1.13 bits per heavy atom. The Hall–Kier alpha value is -3.52. The molecule has 0 heterocycles. The number of rotatable bonds is 9. The number of nitro benzene ring substituents is 1. The fraction of sp³-hybridized carbons (Fsp3) is 0.400. The lowest BCUT2D eigenvalue weighted by Crippen LogP contribution is -2.59. The monoisotopic (exact) mass is 444 g/mol. The number of carbonyl (C=O) groups is 3. The highest BCUT2D eigenvalue weighted by atomic mass is 19.4. The van der Waals surface area contributed by atoms with Crippen LogP contribution in [0, 0.1) is 10.1 Å². The number of hydrogen-bond acceptors (Lipinski definition) is 6. The van der Waals surface area contributed by atoms with Gasteiger partial charge in [0.05, 0.1) is 4.92 Å². The van der Waals surface area contributed by atoms with Crippen LogP contribution >= 0.6 is 0 Å². The van der Waals surface area contributed by atoms with Crippen LogP contribution in [0.2, 0.25) is 0 Å². The molecule has 0 spiro atoms. The van der Waals surface area contributed by atoms with Crippen LogP contribution in [0.1, 0.15) is 23.7 Å². The van der Waals surface area contributed by atoms with E-state index in [4.69, 9.17) is 10.2 Å². The van der Waals surface area contributed by atoms with Gasteiger partial charge in [-0.25, -0.2) is 9.59 Å². The Bertz CT molecular complexity index is 857. The summed E-state index contributed by atoms with van der Waals surface area (Å²) < 4.78 is 67.0. The molecule has 15 heteroatoms. The molecule has 1 aromatic rings. The summed E-state index contributed by atoms with van der Waals surface area (Å²) in [5.74, 6) is -11.8. The topological polar surface area (TPSA) is 156 Å². The number of benzene rings is 1.